The van der Waals surface area contributed by atoms with Crippen LogP contribution < -0.4 is 5.30 Å². The summed E-state index contributed by atoms with van der Waals surface area (Å²) in [7, 11) is 0.151. The summed E-state index contributed by atoms with van der Waals surface area (Å²) >= 11 is 5.68. The maximum absolute atomic E-state index is 5.99. The number of rotatable bonds is 10. The van der Waals surface area contributed by atoms with Gasteiger partial charge in [-0.05, 0) is 49.6 Å². The van der Waals surface area contributed by atoms with Gasteiger partial charge in [0.1, 0.15) is 5.90 Å². The van der Waals surface area contributed by atoms with Crippen LogP contribution in [0.15, 0.2) is 30.3 Å². The molecule has 1 fully saturated rings. The van der Waals surface area contributed by atoms with Gasteiger partial charge in [-0.1, -0.05) is 31.0 Å². The molecule has 2 rings (SSSR count). The third kappa shape index (κ3) is 6.33. The fraction of sp³-hybridized carbons (Fsp3) is 0.600. The van der Waals surface area contributed by atoms with E-state index in [1.807, 2.05) is 6.92 Å². The summed E-state index contributed by atoms with van der Waals surface area (Å²) in [6, 6.07) is 10.6. The normalized spacial score (nSPS) is 18.4. The van der Waals surface area contributed by atoms with E-state index in [2.05, 4.69) is 30.3 Å². The zero-order valence-electron chi connectivity index (χ0n) is 12.2. The quantitative estimate of drug-likeness (QED) is 0.472. The second kappa shape index (κ2) is 8.61. The molecular weight excluding hydrogens is 306 g/mol. The largest absolute Gasteiger partial charge is 0.327 e. The van der Waals surface area contributed by atoms with Crippen LogP contribution in [0.2, 0.25) is 0 Å². The molecule has 1 aromatic rings. The Morgan fingerprint density at radius 2 is 2.00 bits per heavy atom. The molecule has 2 nitrogen and oxygen atoms in total. The third-order valence-corrected chi connectivity index (χ3v) is 9.99. The van der Waals surface area contributed by atoms with Crippen molar-refractivity contribution in [1.82, 2.24) is 0 Å². The predicted molar refractivity (Wildman–Crippen MR) is 94.5 cm³/mol. The maximum atomic E-state index is 5.99. The Bertz CT molecular complexity index is 435. The lowest BCUT2D eigenvalue weighted by molar-refractivity contribution is 0.253. The lowest BCUT2D eigenvalue weighted by Gasteiger charge is -2.19. The molecular formula is C15H25O2P2S+. The summed E-state index contributed by atoms with van der Waals surface area (Å²) < 4.78 is 11.8. The molecule has 112 valence electrons. The highest BCUT2D eigenvalue weighted by atomic mass is 32.5. The second-order valence-electron chi connectivity index (χ2n) is 5.24. The first-order valence-corrected chi connectivity index (χ1v) is 11.7. The van der Waals surface area contributed by atoms with Crippen LogP contribution in [0.4, 0.5) is 0 Å². The number of hydrogen-bond acceptors (Lipinski definition) is 3. The van der Waals surface area contributed by atoms with Gasteiger partial charge in [-0.15, -0.1) is 0 Å². The maximum Gasteiger partial charge on any atom is 0.226 e. The van der Waals surface area contributed by atoms with Crippen LogP contribution in [0.25, 0.3) is 0 Å². The van der Waals surface area contributed by atoms with Crippen molar-refractivity contribution in [2.45, 2.75) is 32.6 Å². The summed E-state index contributed by atoms with van der Waals surface area (Å²) in [5.74, 6) is 1.89. The SMILES string of the molecule is CCOP(=S)(C[PH2+]c1ccccc1)OCCCC1CC1. The van der Waals surface area contributed by atoms with Crippen molar-refractivity contribution in [3.05, 3.63) is 30.3 Å². The third-order valence-electron chi connectivity index (χ3n) is 3.42. The highest BCUT2D eigenvalue weighted by Crippen LogP contribution is 2.53. The van der Waals surface area contributed by atoms with Gasteiger partial charge < -0.3 is 9.05 Å². The zero-order valence-corrected chi connectivity index (χ0v) is 15.0. The summed E-state index contributed by atoms with van der Waals surface area (Å²) in [4.78, 5) is 0. The molecule has 0 amide bonds. The lowest BCUT2D eigenvalue weighted by Crippen LogP contribution is -2.02. The molecule has 2 unspecified atom stereocenters. The molecule has 1 saturated carbocycles. The van der Waals surface area contributed by atoms with Crippen LogP contribution in [-0.2, 0) is 20.9 Å². The van der Waals surface area contributed by atoms with Crippen LogP contribution in [0, 0.1) is 5.92 Å². The molecule has 0 saturated heterocycles. The van der Waals surface area contributed by atoms with E-state index in [9.17, 15) is 0 Å². The predicted octanol–water partition coefficient (Wildman–Crippen LogP) is 4.23. The average molecular weight is 331 g/mol. The molecule has 1 aliphatic carbocycles. The lowest BCUT2D eigenvalue weighted by atomic mass is 10.2. The Hall–Kier alpha value is 0.220. The van der Waals surface area contributed by atoms with Gasteiger partial charge in [0.15, 0.2) is 0 Å². The summed E-state index contributed by atoms with van der Waals surface area (Å²) in [5, 5.41) is 1.39. The first-order valence-electron chi connectivity index (χ1n) is 7.48. The fourth-order valence-electron chi connectivity index (χ4n) is 2.13. The fourth-order valence-corrected chi connectivity index (χ4v) is 7.29. The topological polar surface area (TPSA) is 18.5 Å². The average Bonchev–Trinajstić information content (AvgIpc) is 3.27. The van der Waals surface area contributed by atoms with Gasteiger partial charge in [0.05, 0.1) is 18.5 Å². The van der Waals surface area contributed by atoms with E-state index in [1.54, 1.807) is 0 Å². The first-order chi connectivity index (χ1) is 9.72. The second-order valence-corrected chi connectivity index (χ2v) is 11.2. The van der Waals surface area contributed by atoms with Gasteiger partial charge in [-0.2, -0.15) is 0 Å². The molecule has 20 heavy (non-hydrogen) atoms. The minimum atomic E-state index is -2.05. The Balaban J connectivity index is 1.75. The van der Waals surface area contributed by atoms with Crippen LogP contribution in [0.5, 0.6) is 0 Å². The van der Waals surface area contributed by atoms with E-state index in [0.717, 1.165) is 24.8 Å². The molecule has 0 aromatic heterocycles. The van der Waals surface area contributed by atoms with Crippen molar-refractivity contribution in [2.24, 2.45) is 5.92 Å². The summed E-state index contributed by atoms with van der Waals surface area (Å²) in [5.41, 5.74) is 0. The van der Waals surface area contributed by atoms with Crippen LogP contribution >= 0.6 is 15.1 Å². The molecule has 1 aliphatic rings. The Morgan fingerprint density at radius 3 is 2.65 bits per heavy atom. The highest BCUT2D eigenvalue weighted by Gasteiger charge is 2.24. The van der Waals surface area contributed by atoms with E-state index in [0.29, 0.717) is 6.61 Å². The standard InChI is InChI=1S/C15H24O2P2S/c1-2-16-19(20,17-12-6-7-14-10-11-14)13-18-15-8-4-3-5-9-15/h3-5,8-9,14,18H,2,6-7,10-13H2,1H3/p+1. The van der Waals surface area contributed by atoms with Gasteiger partial charge in [0, 0.05) is 8.58 Å². The number of hydrogen-bond donors (Lipinski definition) is 0. The van der Waals surface area contributed by atoms with E-state index in [-0.39, 0.29) is 8.58 Å². The van der Waals surface area contributed by atoms with Crippen molar-refractivity contribution in [1.29, 1.82) is 0 Å². The van der Waals surface area contributed by atoms with Gasteiger partial charge in [-0.25, -0.2) is 0 Å². The van der Waals surface area contributed by atoms with E-state index < -0.39 is 6.49 Å². The van der Waals surface area contributed by atoms with Crippen molar-refractivity contribution >= 4 is 32.2 Å². The van der Waals surface area contributed by atoms with Crippen LogP contribution in [0.1, 0.15) is 32.6 Å². The summed E-state index contributed by atoms with van der Waals surface area (Å²) in [6.45, 7) is 1.39. The monoisotopic (exact) mass is 331 g/mol. The molecule has 0 N–H and O–H groups in total. The van der Waals surface area contributed by atoms with Crippen LogP contribution in [0.3, 0.4) is 0 Å². The minimum Gasteiger partial charge on any atom is -0.327 e. The molecule has 0 heterocycles. The van der Waals surface area contributed by atoms with Gasteiger partial charge in [0.25, 0.3) is 0 Å². The molecule has 0 bridgehead atoms. The Kier molecular flexibility index (Phi) is 7.14. The van der Waals surface area contributed by atoms with Gasteiger partial charge in [-0.3, -0.25) is 0 Å². The molecule has 0 spiro atoms. The molecule has 2 atom stereocenters. The van der Waals surface area contributed by atoms with E-state index >= 15 is 0 Å². The minimum absolute atomic E-state index is 0.151. The van der Waals surface area contributed by atoms with E-state index in [1.165, 1.54) is 24.6 Å². The smallest absolute Gasteiger partial charge is 0.226 e. The zero-order chi connectivity index (χ0) is 14.3. The highest BCUT2D eigenvalue weighted by molar-refractivity contribution is 8.12. The van der Waals surface area contributed by atoms with Gasteiger partial charge >= 0.3 is 0 Å². The Labute approximate surface area is 129 Å². The van der Waals surface area contributed by atoms with E-state index in [4.69, 9.17) is 20.9 Å². The van der Waals surface area contributed by atoms with Crippen molar-refractivity contribution in [3.8, 4) is 0 Å². The van der Waals surface area contributed by atoms with Crippen molar-refractivity contribution < 1.29 is 9.05 Å². The number of benzene rings is 1. The molecule has 0 radical (unpaired) electrons. The molecule has 5 heteroatoms. The van der Waals surface area contributed by atoms with Crippen LogP contribution in [-0.4, -0.2) is 19.1 Å². The molecule has 0 aliphatic heterocycles. The van der Waals surface area contributed by atoms with Crippen molar-refractivity contribution in [3.63, 3.8) is 0 Å². The van der Waals surface area contributed by atoms with Crippen molar-refractivity contribution in [2.75, 3.05) is 19.1 Å². The summed E-state index contributed by atoms with van der Waals surface area (Å²) in [6.07, 6.45) is 5.26. The molecule has 1 aromatic carbocycles. The first kappa shape index (κ1) is 16.6. The Morgan fingerprint density at radius 1 is 1.25 bits per heavy atom. The van der Waals surface area contributed by atoms with Gasteiger partial charge in [0.2, 0.25) is 6.49 Å².